The number of aryl methyl sites for hydroxylation is 1. The number of fused-ring (bicyclic) bond motifs is 3. The summed E-state index contributed by atoms with van der Waals surface area (Å²) in [5.41, 5.74) is 8.14. The first-order valence-corrected chi connectivity index (χ1v) is 20.2. The molecule has 0 atom stereocenters. The van der Waals surface area contributed by atoms with Crippen LogP contribution in [0.3, 0.4) is 0 Å². The summed E-state index contributed by atoms with van der Waals surface area (Å²) in [5, 5.41) is 3.65. The van der Waals surface area contributed by atoms with Crippen molar-refractivity contribution in [3.05, 3.63) is 139 Å². The van der Waals surface area contributed by atoms with E-state index in [-0.39, 0.29) is 31.3 Å². The predicted molar refractivity (Wildman–Crippen MR) is 202 cm³/mol. The molecule has 0 spiro atoms. The maximum absolute atomic E-state index is 14.6. The van der Waals surface area contributed by atoms with Gasteiger partial charge < -0.3 is 9.97 Å². The van der Waals surface area contributed by atoms with Crippen molar-refractivity contribution < 1.29 is 24.5 Å². The second-order valence-corrected chi connectivity index (χ2v) is 20.1. The molecule has 7 aromatic rings. The van der Waals surface area contributed by atoms with Crippen LogP contribution in [-0.2, 0) is 25.5 Å². The summed E-state index contributed by atoms with van der Waals surface area (Å²) in [5.74, 6) is -0.202. The average molecular weight is 843 g/mol. The maximum Gasteiger partial charge on any atom is 0.131 e. The third kappa shape index (κ3) is 7.58. The normalized spacial score (nSPS) is 11.6. The first-order chi connectivity index (χ1) is 22.4. The molecule has 1 radical (unpaired) electrons. The first-order valence-electron chi connectivity index (χ1n) is 15.9. The summed E-state index contributed by atoms with van der Waals surface area (Å²) in [4.78, 5) is 9.18. The van der Waals surface area contributed by atoms with Crippen molar-refractivity contribution in [3.63, 3.8) is 0 Å². The molecule has 245 valence electrons. The van der Waals surface area contributed by atoms with Crippen LogP contribution in [0.25, 0.3) is 53.8 Å². The van der Waals surface area contributed by atoms with Crippen LogP contribution in [-0.4, -0.2) is 18.0 Å². The average Bonchev–Trinajstić information content (AvgIpc) is 3.43. The van der Waals surface area contributed by atoms with Crippen LogP contribution in [0.1, 0.15) is 31.9 Å². The van der Waals surface area contributed by atoms with E-state index in [0.29, 0.717) is 5.56 Å². The van der Waals surface area contributed by atoms with Gasteiger partial charge in [0.2, 0.25) is 0 Å². The van der Waals surface area contributed by atoms with E-state index in [1.54, 1.807) is 17.4 Å². The summed E-state index contributed by atoms with van der Waals surface area (Å²) in [6.45, 7) is 15.8. The van der Waals surface area contributed by atoms with E-state index in [1.807, 2.05) is 54.7 Å². The molecule has 0 saturated heterocycles. The number of aromatic nitrogens is 2. The number of rotatable bonds is 4. The molecule has 0 bridgehead atoms. The fraction of sp³-hybridized carbons (Fsp3) is 0.190. The molecule has 2 nitrogen and oxygen atoms in total. The zero-order valence-electron chi connectivity index (χ0n) is 28.4. The summed E-state index contributed by atoms with van der Waals surface area (Å²) in [7, 11) is -1.27. The molecule has 7 rings (SSSR count). The summed E-state index contributed by atoms with van der Waals surface area (Å²) in [6, 6.07) is 38.3. The third-order valence-electron chi connectivity index (χ3n) is 8.40. The fourth-order valence-corrected chi connectivity index (χ4v) is 8.71. The second kappa shape index (κ2) is 14.4. The predicted octanol–water partition coefficient (Wildman–Crippen LogP) is 11.4. The molecule has 6 heteroatoms. The van der Waals surface area contributed by atoms with Crippen molar-refractivity contribution in [2.45, 2.75) is 52.8 Å². The van der Waals surface area contributed by atoms with Gasteiger partial charge in [0.25, 0.3) is 0 Å². The summed E-state index contributed by atoms with van der Waals surface area (Å²) < 4.78 is 16.9. The molecule has 0 N–H and O–H groups in total. The fourth-order valence-electron chi connectivity index (χ4n) is 5.91. The molecular weight excluding hydrogens is 804 g/mol. The van der Waals surface area contributed by atoms with Crippen LogP contribution in [0.5, 0.6) is 0 Å². The van der Waals surface area contributed by atoms with Gasteiger partial charge in [-0.3, -0.25) is 0 Å². The van der Waals surface area contributed by atoms with Gasteiger partial charge in [0.05, 0.1) is 8.07 Å². The van der Waals surface area contributed by atoms with E-state index in [2.05, 4.69) is 112 Å². The molecule has 3 heterocycles. The van der Waals surface area contributed by atoms with Crippen molar-refractivity contribution in [1.82, 2.24) is 9.97 Å². The Morgan fingerprint density at radius 3 is 2.17 bits per heavy atom. The quantitative estimate of drug-likeness (QED) is 0.130. The Hall–Kier alpha value is -3.80. The molecule has 0 aliphatic carbocycles. The molecule has 0 fully saturated rings. The van der Waals surface area contributed by atoms with E-state index in [4.69, 9.17) is 0 Å². The standard InChI is InChI=1S/C27H21FNS.C15H18NSi.Ir/c1-27(2,3)18-13-14-29-23(16-18)17-11-12-24-21(15-17)26-20(8-6-10-25(26)30-24)19-7-4-5-9-22(19)28;1-12-10-14(13-8-6-5-7-9-13)16-11-15(12)17(2,3)4;/h4-10,12-16H,1-3H3;5-8,10-11H,1-4H3;/q2*-1;. The minimum absolute atomic E-state index is 0. The Balaban J connectivity index is 0.000000214. The number of thiophene rings is 1. The van der Waals surface area contributed by atoms with Crippen molar-refractivity contribution in [2.75, 3.05) is 0 Å². The Labute approximate surface area is 302 Å². The monoisotopic (exact) mass is 843 g/mol. The number of benzene rings is 4. The number of hydrogen-bond donors (Lipinski definition) is 0. The van der Waals surface area contributed by atoms with Gasteiger partial charge in [0.1, 0.15) is 5.82 Å². The summed E-state index contributed by atoms with van der Waals surface area (Å²) in [6.07, 6.45) is 3.92. The van der Waals surface area contributed by atoms with Gasteiger partial charge in [-0.1, -0.05) is 93.8 Å². The number of halogens is 1. The van der Waals surface area contributed by atoms with Crippen molar-refractivity contribution in [1.29, 1.82) is 0 Å². The first kappa shape index (κ1) is 35.5. The number of pyridine rings is 2. The van der Waals surface area contributed by atoms with Gasteiger partial charge in [-0.05, 0) is 68.3 Å². The van der Waals surface area contributed by atoms with Crippen LogP contribution in [0.4, 0.5) is 4.39 Å². The van der Waals surface area contributed by atoms with Crippen molar-refractivity contribution >= 4 is 44.8 Å². The van der Waals surface area contributed by atoms with E-state index < -0.39 is 8.07 Å². The minimum Gasteiger partial charge on any atom is -0.305 e. The molecule has 4 aromatic carbocycles. The molecular formula is C42H39FIrN2SSi-2. The van der Waals surface area contributed by atoms with Gasteiger partial charge in [0, 0.05) is 42.8 Å². The van der Waals surface area contributed by atoms with Gasteiger partial charge in [-0.25, -0.2) is 4.39 Å². The van der Waals surface area contributed by atoms with E-state index in [9.17, 15) is 4.39 Å². The topological polar surface area (TPSA) is 25.8 Å². The zero-order valence-corrected chi connectivity index (χ0v) is 32.6. The smallest absolute Gasteiger partial charge is 0.131 e. The van der Waals surface area contributed by atoms with Crippen LogP contribution in [0, 0.1) is 24.9 Å². The van der Waals surface area contributed by atoms with Gasteiger partial charge in [0.15, 0.2) is 0 Å². The van der Waals surface area contributed by atoms with Crippen LogP contribution >= 0.6 is 11.3 Å². The molecule has 0 amide bonds. The molecule has 0 aliphatic heterocycles. The van der Waals surface area contributed by atoms with Crippen LogP contribution < -0.4 is 5.19 Å². The van der Waals surface area contributed by atoms with Gasteiger partial charge >= 0.3 is 0 Å². The van der Waals surface area contributed by atoms with E-state index in [1.165, 1.54) is 22.4 Å². The van der Waals surface area contributed by atoms with E-state index in [0.717, 1.165) is 48.3 Å². The molecule has 0 aliphatic rings. The van der Waals surface area contributed by atoms with Gasteiger partial charge in [-0.2, -0.15) is 11.3 Å². The maximum atomic E-state index is 14.6. The molecule has 0 saturated carbocycles. The van der Waals surface area contributed by atoms with Gasteiger partial charge in [-0.15, -0.1) is 59.7 Å². The van der Waals surface area contributed by atoms with Crippen molar-refractivity contribution in [2.24, 2.45) is 0 Å². The largest absolute Gasteiger partial charge is 0.305 e. The number of nitrogens with zero attached hydrogens (tertiary/aromatic N) is 2. The van der Waals surface area contributed by atoms with Crippen molar-refractivity contribution in [3.8, 4) is 33.6 Å². The second-order valence-electron chi connectivity index (χ2n) is 14.0. The van der Waals surface area contributed by atoms with E-state index >= 15 is 0 Å². The molecule has 3 aromatic heterocycles. The third-order valence-corrected chi connectivity index (χ3v) is 11.7. The molecule has 0 unspecified atom stereocenters. The Morgan fingerprint density at radius 2 is 1.48 bits per heavy atom. The Kier molecular flexibility index (Phi) is 10.6. The Bertz CT molecular complexity index is 2200. The van der Waals surface area contributed by atoms with Crippen LogP contribution in [0.2, 0.25) is 19.6 Å². The minimum atomic E-state index is -1.27. The Morgan fingerprint density at radius 1 is 0.750 bits per heavy atom. The van der Waals surface area contributed by atoms with Crippen LogP contribution in [0.15, 0.2) is 109 Å². The summed E-state index contributed by atoms with van der Waals surface area (Å²) >= 11 is 1.71. The zero-order chi connectivity index (χ0) is 33.3. The SMILES string of the molecule is CC(C)(C)c1ccnc(-c2[c-]cc3sc4cccc(-c5ccccc5F)c4c3c2)c1.Cc1cc(-c2[c-]cccc2)ncc1[Si](C)(C)C.[Ir]. The molecule has 48 heavy (non-hydrogen) atoms. The number of hydrogen-bond acceptors (Lipinski definition) is 3.